The van der Waals surface area contributed by atoms with E-state index in [1.165, 1.54) is 7.11 Å². The first-order valence-corrected chi connectivity index (χ1v) is 5.59. The van der Waals surface area contributed by atoms with Crippen molar-refractivity contribution in [3.05, 3.63) is 0 Å². The van der Waals surface area contributed by atoms with Gasteiger partial charge >= 0.3 is 5.97 Å². The van der Waals surface area contributed by atoms with E-state index >= 15 is 0 Å². The summed E-state index contributed by atoms with van der Waals surface area (Å²) in [4.78, 5) is 23.3. The van der Waals surface area contributed by atoms with Gasteiger partial charge in [0.25, 0.3) is 0 Å². The molecular formula is C12H18O3. The van der Waals surface area contributed by atoms with Gasteiger partial charge in [0.15, 0.2) is 0 Å². The minimum Gasteiger partial charge on any atom is -0.468 e. The largest absolute Gasteiger partial charge is 0.468 e. The van der Waals surface area contributed by atoms with Crippen molar-refractivity contribution in [1.82, 2.24) is 0 Å². The molecule has 2 fully saturated rings. The first-order chi connectivity index (χ1) is 6.97. The second kappa shape index (κ2) is 3.32. The fourth-order valence-corrected chi connectivity index (χ4v) is 3.26. The number of fused-ring (bicyclic) bond motifs is 1. The summed E-state index contributed by atoms with van der Waals surface area (Å²) in [7, 11) is 1.35. The summed E-state index contributed by atoms with van der Waals surface area (Å²) in [5, 5.41) is 0. The highest BCUT2D eigenvalue weighted by Gasteiger charge is 2.55. The van der Waals surface area contributed by atoms with Crippen LogP contribution in [-0.2, 0) is 14.3 Å². The Kier molecular flexibility index (Phi) is 2.36. The van der Waals surface area contributed by atoms with Gasteiger partial charge in [-0.15, -0.1) is 0 Å². The number of ketones is 1. The first kappa shape index (κ1) is 10.7. The van der Waals surface area contributed by atoms with Gasteiger partial charge in [0, 0.05) is 5.92 Å². The Balaban J connectivity index is 2.08. The zero-order valence-corrected chi connectivity index (χ0v) is 9.58. The van der Waals surface area contributed by atoms with Crippen LogP contribution in [0.1, 0.15) is 33.1 Å². The van der Waals surface area contributed by atoms with Gasteiger partial charge in [-0.2, -0.15) is 0 Å². The van der Waals surface area contributed by atoms with Crippen LogP contribution in [0.2, 0.25) is 0 Å². The quantitative estimate of drug-likeness (QED) is 0.489. The Hall–Kier alpha value is -0.860. The number of ether oxygens (including phenoxy) is 1. The van der Waals surface area contributed by atoms with E-state index in [4.69, 9.17) is 0 Å². The van der Waals surface area contributed by atoms with E-state index in [1.54, 1.807) is 0 Å². The zero-order chi connectivity index (χ0) is 11.2. The van der Waals surface area contributed by atoms with Gasteiger partial charge in [-0.25, -0.2) is 0 Å². The number of esters is 1. The zero-order valence-electron chi connectivity index (χ0n) is 9.58. The number of hydrogen-bond donors (Lipinski definition) is 0. The summed E-state index contributed by atoms with van der Waals surface area (Å²) < 4.78 is 4.66. The van der Waals surface area contributed by atoms with Crippen LogP contribution in [-0.4, -0.2) is 18.9 Å². The van der Waals surface area contributed by atoms with E-state index < -0.39 is 5.92 Å². The number of carbonyl (C=O) groups excluding carboxylic acids is 2. The molecule has 0 amide bonds. The number of hydrogen-bond acceptors (Lipinski definition) is 3. The van der Waals surface area contributed by atoms with Gasteiger partial charge in [-0.1, -0.05) is 13.8 Å². The molecule has 0 heterocycles. The fourth-order valence-electron chi connectivity index (χ4n) is 3.26. The first-order valence-electron chi connectivity index (χ1n) is 5.59. The maximum Gasteiger partial charge on any atom is 0.316 e. The lowest BCUT2D eigenvalue weighted by Gasteiger charge is -2.54. The molecule has 84 valence electrons. The molecule has 0 aromatic carbocycles. The Morgan fingerprint density at radius 3 is 2.60 bits per heavy atom. The summed E-state index contributed by atoms with van der Waals surface area (Å²) in [6.07, 6.45) is 2.60. The van der Waals surface area contributed by atoms with Crippen LogP contribution in [0, 0.1) is 23.2 Å². The lowest BCUT2D eigenvalue weighted by molar-refractivity contribution is -0.161. The molecule has 3 nitrogen and oxygen atoms in total. The highest BCUT2D eigenvalue weighted by molar-refractivity contribution is 6.01. The molecule has 2 aliphatic rings. The maximum absolute atomic E-state index is 12.0. The molecule has 0 aromatic rings. The molecule has 2 aliphatic carbocycles. The molecule has 15 heavy (non-hydrogen) atoms. The van der Waals surface area contributed by atoms with Crippen LogP contribution >= 0.6 is 0 Å². The number of rotatable bonds is 1. The molecule has 3 atom stereocenters. The minimum atomic E-state index is -0.479. The van der Waals surface area contributed by atoms with Gasteiger partial charge in [0.2, 0.25) is 0 Å². The third-order valence-corrected chi connectivity index (χ3v) is 4.20. The molecule has 3 unspecified atom stereocenters. The Morgan fingerprint density at radius 1 is 1.40 bits per heavy atom. The number of Topliss-reactive ketones (excluding diaryl/α,β-unsaturated/α-hetero) is 1. The molecule has 0 radical (unpaired) electrons. The van der Waals surface area contributed by atoms with E-state index in [1.807, 2.05) is 0 Å². The fraction of sp³-hybridized carbons (Fsp3) is 0.833. The molecule has 2 rings (SSSR count). The van der Waals surface area contributed by atoms with Crippen LogP contribution < -0.4 is 0 Å². The smallest absolute Gasteiger partial charge is 0.316 e. The standard InChI is InChI=1S/C12H18O3/c1-12(2)6-8-9(12)5-4-7(10(8)13)11(14)15-3/h7-9H,4-6H2,1-3H3. The van der Waals surface area contributed by atoms with Crippen LogP contribution in [0.3, 0.4) is 0 Å². The third-order valence-electron chi connectivity index (χ3n) is 4.20. The lowest BCUT2D eigenvalue weighted by Crippen LogP contribution is -2.53. The van der Waals surface area contributed by atoms with Gasteiger partial charge in [0.1, 0.15) is 11.7 Å². The molecule has 0 spiro atoms. The van der Waals surface area contributed by atoms with Crippen LogP contribution in [0.5, 0.6) is 0 Å². The normalized spacial score (nSPS) is 37.8. The topological polar surface area (TPSA) is 43.4 Å². The van der Waals surface area contributed by atoms with Crippen LogP contribution in [0.25, 0.3) is 0 Å². The van der Waals surface area contributed by atoms with Crippen molar-refractivity contribution in [3.63, 3.8) is 0 Å². The molecule has 0 aliphatic heterocycles. The van der Waals surface area contributed by atoms with E-state index in [0.29, 0.717) is 17.8 Å². The molecule has 2 saturated carbocycles. The molecule has 0 bridgehead atoms. The van der Waals surface area contributed by atoms with Crippen molar-refractivity contribution >= 4 is 11.8 Å². The third kappa shape index (κ3) is 1.48. The predicted octanol–water partition coefficient (Wildman–Crippen LogP) is 1.80. The van der Waals surface area contributed by atoms with Crippen LogP contribution in [0.4, 0.5) is 0 Å². The van der Waals surface area contributed by atoms with E-state index in [0.717, 1.165) is 12.8 Å². The van der Waals surface area contributed by atoms with E-state index in [2.05, 4.69) is 18.6 Å². The van der Waals surface area contributed by atoms with Crippen molar-refractivity contribution in [2.24, 2.45) is 23.2 Å². The van der Waals surface area contributed by atoms with Gasteiger partial charge in [-0.3, -0.25) is 9.59 Å². The van der Waals surface area contributed by atoms with E-state index in [9.17, 15) is 9.59 Å². The SMILES string of the molecule is COC(=O)C1CCC2C(CC2(C)C)C1=O. The molecule has 0 saturated heterocycles. The van der Waals surface area contributed by atoms with Gasteiger partial charge in [-0.05, 0) is 30.6 Å². The monoisotopic (exact) mass is 210 g/mol. The van der Waals surface area contributed by atoms with Crippen molar-refractivity contribution in [3.8, 4) is 0 Å². The Bertz CT molecular complexity index is 306. The highest BCUT2D eigenvalue weighted by Crippen LogP contribution is 2.56. The van der Waals surface area contributed by atoms with Crippen molar-refractivity contribution in [2.75, 3.05) is 7.11 Å². The van der Waals surface area contributed by atoms with E-state index in [-0.39, 0.29) is 17.7 Å². The second-order valence-corrected chi connectivity index (χ2v) is 5.46. The average Bonchev–Trinajstić information content (AvgIpc) is 2.18. The summed E-state index contributed by atoms with van der Waals surface area (Å²) in [6, 6.07) is 0. The van der Waals surface area contributed by atoms with Gasteiger partial charge in [0.05, 0.1) is 7.11 Å². The summed E-state index contributed by atoms with van der Waals surface area (Å²) in [5.74, 6) is -0.0864. The number of carbonyl (C=O) groups is 2. The van der Waals surface area contributed by atoms with Gasteiger partial charge < -0.3 is 4.74 Å². The van der Waals surface area contributed by atoms with Crippen molar-refractivity contribution in [2.45, 2.75) is 33.1 Å². The summed E-state index contributed by atoms with van der Waals surface area (Å²) in [5.41, 5.74) is 0.293. The molecule has 0 N–H and O–H groups in total. The van der Waals surface area contributed by atoms with Crippen LogP contribution in [0.15, 0.2) is 0 Å². The molecule has 0 aromatic heterocycles. The van der Waals surface area contributed by atoms with Crippen molar-refractivity contribution in [1.29, 1.82) is 0 Å². The second-order valence-electron chi connectivity index (χ2n) is 5.46. The Morgan fingerprint density at radius 2 is 2.07 bits per heavy atom. The lowest BCUT2D eigenvalue weighted by atomic mass is 9.49. The predicted molar refractivity (Wildman–Crippen MR) is 55.1 cm³/mol. The highest BCUT2D eigenvalue weighted by atomic mass is 16.5. The molecule has 3 heteroatoms. The number of methoxy groups -OCH3 is 1. The average molecular weight is 210 g/mol. The minimum absolute atomic E-state index is 0.123. The molecular weight excluding hydrogens is 192 g/mol. The summed E-state index contributed by atoms with van der Waals surface area (Å²) >= 11 is 0. The maximum atomic E-state index is 12.0. The van der Waals surface area contributed by atoms with Crippen molar-refractivity contribution < 1.29 is 14.3 Å². The Labute approximate surface area is 90.2 Å². The summed E-state index contributed by atoms with van der Waals surface area (Å²) in [6.45, 7) is 4.42.